The van der Waals surface area contributed by atoms with E-state index in [1.54, 1.807) is 0 Å². The Morgan fingerprint density at radius 1 is 1.53 bits per heavy atom. The molecule has 1 fully saturated rings. The Morgan fingerprint density at radius 2 is 2.26 bits per heavy atom. The summed E-state index contributed by atoms with van der Waals surface area (Å²) >= 11 is 3.02. The first-order valence-corrected chi connectivity index (χ1v) is 9.22. The third kappa shape index (κ3) is 3.15. The fourth-order valence-corrected chi connectivity index (χ4v) is 5.13. The topological polar surface area (TPSA) is 88.3 Å². The van der Waals surface area contributed by atoms with Gasteiger partial charge in [-0.1, -0.05) is 0 Å². The van der Waals surface area contributed by atoms with Crippen LogP contribution in [0.4, 0.5) is 10.8 Å². The molecular formula is C10H18N4O2S3. The quantitative estimate of drug-likeness (QED) is 0.849. The van der Waals surface area contributed by atoms with Crippen LogP contribution in [0, 0.1) is 0 Å². The molecule has 1 aliphatic rings. The van der Waals surface area contributed by atoms with Crippen LogP contribution < -0.4 is 11.1 Å². The van der Waals surface area contributed by atoms with Gasteiger partial charge in [0.1, 0.15) is 5.00 Å². The summed E-state index contributed by atoms with van der Waals surface area (Å²) in [6, 6.07) is 0. The number of hydrogen-bond acceptors (Lipinski definition) is 7. The number of thioether (sulfide) groups is 1. The fraction of sp³-hybridized carbons (Fsp3) is 0.700. The highest BCUT2D eigenvalue weighted by atomic mass is 32.2. The lowest BCUT2D eigenvalue weighted by atomic mass is 10.2. The maximum absolute atomic E-state index is 12.2. The molecule has 1 aromatic rings. The summed E-state index contributed by atoms with van der Waals surface area (Å²) in [5.41, 5.74) is 5.70. The van der Waals surface area contributed by atoms with Gasteiger partial charge >= 0.3 is 0 Å². The molecule has 1 unspecified atom stereocenters. The molecule has 0 spiro atoms. The first-order valence-electron chi connectivity index (χ1n) is 5.96. The number of anilines is 2. The number of hydrogen-bond donors (Lipinski definition) is 2. The Morgan fingerprint density at radius 3 is 2.84 bits per heavy atom. The van der Waals surface area contributed by atoms with Crippen LogP contribution in [0.15, 0.2) is 4.90 Å². The maximum atomic E-state index is 12.2. The van der Waals surface area contributed by atoms with Gasteiger partial charge in [0, 0.05) is 25.9 Å². The van der Waals surface area contributed by atoms with Crippen molar-refractivity contribution in [1.82, 2.24) is 8.68 Å². The molecule has 0 amide bonds. The molecule has 0 radical (unpaired) electrons. The Bertz CT molecular complexity index is 535. The summed E-state index contributed by atoms with van der Waals surface area (Å²) in [4.78, 5) is 0.102. The number of nitrogens with two attached hydrogens (primary N) is 1. The van der Waals surface area contributed by atoms with Crippen LogP contribution in [-0.4, -0.2) is 48.7 Å². The van der Waals surface area contributed by atoms with Crippen LogP contribution >= 0.6 is 23.3 Å². The lowest BCUT2D eigenvalue weighted by Crippen LogP contribution is -2.24. The molecule has 108 valence electrons. The zero-order valence-corrected chi connectivity index (χ0v) is 13.4. The van der Waals surface area contributed by atoms with Gasteiger partial charge in [0.15, 0.2) is 10.7 Å². The highest BCUT2D eigenvalue weighted by Gasteiger charge is 2.28. The van der Waals surface area contributed by atoms with Crippen molar-refractivity contribution in [3.63, 3.8) is 0 Å². The van der Waals surface area contributed by atoms with Crippen molar-refractivity contribution in [2.45, 2.75) is 23.0 Å². The van der Waals surface area contributed by atoms with Crippen molar-refractivity contribution in [2.75, 3.05) is 37.4 Å². The van der Waals surface area contributed by atoms with Gasteiger partial charge in [-0.05, 0) is 30.1 Å². The first kappa shape index (κ1) is 14.9. The maximum Gasteiger partial charge on any atom is 0.249 e. The van der Waals surface area contributed by atoms with E-state index in [0.29, 0.717) is 10.3 Å². The van der Waals surface area contributed by atoms with Gasteiger partial charge in [-0.15, -0.1) is 0 Å². The summed E-state index contributed by atoms with van der Waals surface area (Å²) < 4.78 is 29.5. The van der Waals surface area contributed by atoms with E-state index in [4.69, 9.17) is 5.73 Å². The van der Waals surface area contributed by atoms with E-state index in [-0.39, 0.29) is 10.7 Å². The van der Waals surface area contributed by atoms with E-state index in [2.05, 4.69) is 9.69 Å². The van der Waals surface area contributed by atoms with Gasteiger partial charge in [0.2, 0.25) is 10.0 Å². The molecule has 3 N–H and O–H groups in total. The van der Waals surface area contributed by atoms with Gasteiger partial charge in [-0.25, -0.2) is 12.7 Å². The molecular weight excluding hydrogens is 304 g/mol. The van der Waals surface area contributed by atoms with E-state index in [9.17, 15) is 8.42 Å². The first-order chi connectivity index (χ1) is 8.93. The second kappa shape index (κ2) is 5.86. The zero-order chi connectivity index (χ0) is 14.0. The third-order valence-electron chi connectivity index (χ3n) is 2.93. The lowest BCUT2D eigenvalue weighted by Gasteiger charge is -2.14. The SMILES string of the molecule is CN(C)S(=O)(=O)c1c(N)nsc1NCC1CCCS1. The number of sulfonamides is 1. The molecule has 2 rings (SSSR count). The summed E-state index contributed by atoms with van der Waals surface area (Å²) in [5.74, 6) is 1.25. The number of aromatic nitrogens is 1. The van der Waals surface area contributed by atoms with Crippen molar-refractivity contribution in [1.29, 1.82) is 0 Å². The van der Waals surface area contributed by atoms with Crippen LogP contribution in [0.5, 0.6) is 0 Å². The van der Waals surface area contributed by atoms with Gasteiger partial charge in [-0.3, -0.25) is 0 Å². The summed E-state index contributed by atoms with van der Waals surface area (Å²) in [5, 5.41) is 4.27. The Hall–Kier alpha value is -0.510. The fourth-order valence-electron chi connectivity index (χ4n) is 1.85. The highest BCUT2D eigenvalue weighted by Crippen LogP contribution is 2.34. The van der Waals surface area contributed by atoms with Crippen molar-refractivity contribution in [3.05, 3.63) is 0 Å². The Kier molecular flexibility index (Phi) is 4.59. The molecule has 0 saturated carbocycles. The number of nitrogens with one attached hydrogen (secondary N) is 1. The van der Waals surface area contributed by atoms with Crippen LogP contribution in [0.25, 0.3) is 0 Å². The van der Waals surface area contributed by atoms with E-state index in [1.807, 2.05) is 11.8 Å². The molecule has 1 aromatic heterocycles. The zero-order valence-electron chi connectivity index (χ0n) is 10.9. The number of rotatable bonds is 5. The predicted molar refractivity (Wildman–Crippen MR) is 81.4 cm³/mol. The van der Waals surface area contributed by atoms with E-state index < -0.39 is 10.0 Å². The van der Waals surface area contributed by atoms with Crippen molar-refractivity contribution < 1.29 is 8.42 Å². The molecule has 2 heterocycles. The van der Waals surface area contributed by atoms with Crippen LogP contribution in [-0.2, 0) is 10.0 Å². The van der Waals surface area contributed by atoms with Gasteiger partial charge in [0.05, 0.1) is 0 Å². The average molecular weight is 322 g/mol. The van der Waals surface area contributed by atoms with Crippen molar-refractivity contribution >= 4 is 44.1 Å². The van der Waals surface area contributed by atoms with Crippen LogP contribution in [0.1, 0.15) is 12.8 Å². The third-order valence-corrected chi connectivity index (χ3v) is 7.16. The van der Waals surface area contributed by atoms with Crippen molar-refractivity contribution in [3.8, 4) is 0 Å². The minimum Gasteiger partial charge on any atom is -0.382 e. The van der Waals surface area contributed by atoms with E-state index >= 15 is 0 Å². The molecule has 0 bridgehead atoms. The minimum absolute atomic E-state index is 0.0697. The van der Waals surface area contributed by atoms with Gasteiger partial charge < -0.3 is 11.1 Å². The van der Waals surface area contributed by atoms with E-state index in [1.165, 1.54) is 32.7 Å². The van der Waals surface area contributed by atoms with E-state index in [0.717, 1.165) is 22.4 Å². The number of nitrogen functional groups attached to an aromatic ring is 1. The largest absolute Gasteiger partial charge is 0.382 e. The summed E-state index contributed by atoms with van der Waals surface area (Å²) in [6.07, 6.45) is 2.40. The highest BCUT2D eigenvalue weighted by molar-refractivity contribution is 8.00. The second-order valence-corrected chi connectivity index (χ2v) is 8.80. The molecule has 9 heteroatoms. The molecule has 0 aliphatic carbocycles. The monoisotopic (exact) mass is 322 g/mol. The molecule has 1 saturated heterocycles. The molecule has 1 atom stereocenters. The van der Waals surface area contributed by atoms with Crippen LogP contribution in [0.3, 0.4) is 0 Å². The smallest absolute Gasteiger partial charge is 0.249 e. The molecule has 1 aliphatic heterocycles. The summed E-state index contributed by atoms with van der Waals surface area (Å²) in [6.45, 7) is 0.752. The Labute approximate surface area is 122 Å². The second-order valence-electron chi connectivity index (χ2n) is 4.53. The molecule has 6 nitrogen and oxygen atoms in total. The van der Waals surface area contributed by atoms with Gasteiger partial charge in [0.25, 0.3) is 0 Å². The van der Waals surface area contributed by atoms with Crippen molar-refractivity contribution in [2.24, 2.45) is 0 Å². The minimum atomic E-state index is -3.55. The van der Waals surface area contributed by atoms with Crippen LogP contribution in [0.2, 0.25) is 0 Å². The Balaban J connectivity index is 2.17. The standard InChI is InChI=1S/C10H18N4O2S3/c1-14(2)19(15,16)8-9(11)13-18-10(8)12-6-7-4-3-5-17-7/h7,12H,3-6H2,1-2H3,(H2,11,13). The summed E-state index contributed by atoms with van der Waals surface area (Å²) in [7, 11) is -0.575. The lowest BCUT2D eigenvalue weighted by molar-refractivity contribution is 0.521. The number of nitrogens with zero attached hydrogens (tertiary/aromatic N) is 2. The predicted octanol–water partition coefficient (Wildman–Crippen LogP) is 1.28. The molecule has 0 aromatic carbocycles. The molecule has 19 heavy (non-hydrogen) atoms. The average Bonchev–Trinajstić information content (AvgIpc) is 2.95. The van der Waals surface area contributed by atoms with Gasteiger partial charge in [-0.2, -0.15) is 16.1 Å². The normalized spacial score (nSPS) is 20.1.